The predicted octanol–water partition coefficient (Wildman–Crippen LogP) is 0.782. The zero-order valence-electron chi connectivity index (χ0n) is 9.01. The Morgan fingerprint density at radius 3 is 2.60 bits per heavy atom. The van der Waals surface area contributed by atoms with Crippen molar-refractivity contribution in [2.45, 2.75) is 19.1 Å². The average Bonchev–Trinajstić information content (AvgIpc) is 2.25. The Labute approximate surface area is 89.6 Å². The van der Waals surface area contributed by atoms with Crippen molar-refractivity contribution in [3.63, 3.8) is 0 Å². The molecule has 2 atom stereocenters. The van der Waals surface area contributed by atoms with Gasteiger partial charge in [-0.3, -0.25) is 0 Å². The van der Waals surface area contributed by atoms with Gasteiger partial charge in [-0.1, -0.05) is 6.07 Å². The van der Waals surface area contributed by atoms with Gasteiger partial charge in [-0.2, -0.15) is 0 Å². The van der Waals surface area contributed by atoms with Crippen molar-refractivity contribution in [1.82, 2.24) is 0 Å². The highest BCUT2D eigenvalue weighted by Gasteiger charge is 2.14. The highest BCUT2D eigenvalue weighted by Crippen LogP contribution is 2.20. The molecule has 0 spiro atoms. The number of hydrogen-bond acceptors (Lipinski definition) is 4. The first-order valence-corrected chi connectivity index (χ1v) is 4.84. The smallest absolute Gasteiger partial charge is 0.136 e. The molecule has 1 aromatic rings. The predicted molar refractivity (Wildman–Crippen MR) is 58.1 cm³/mol. The molecule has 84 valence electrons. The van der Waals surface area contributed by atoms with Crippen LogP contribution in [0.25, 0.3) is 0 Å². The Bertz CT molecular complexity index is 302. The summed E-state index contributed by atoms with van der Waals surface area (Å²) in [5.41, 5.74) is 5.65. The molecule has 0 amide bonds. The van der Waals surface area contributed by atoms with Crippen LogP contribution in [0.4, 0.5) is 0 Å². The molecule has 0 aromatic heterocycles. The van der Waals surface area contributed by atoms with E-state index in [0.29, 0.717) is 11.5 Å². The molecule has 0 saturated heterocycles. The van der Waals surface area contributed by atoms with E-state index in [0.717, 1.165) is 0 Å². The quantitative estimate of drug-likeness (QED) is 0.755. The lowest BCUT2D eigenvalue weighted by Crippen LogP contribution is -2.39. The molecule has 0 radical (unpaired) electrons. The van der Waals surface area contributed by atoms with Gasteiger partial charge in [0.15, 0.2) is 0 Å². The van der Waals surface area contributed by atoms with E-state index < -0.39 is 6.10 Å². The highest BCUT2D eigenvalue weighted by atomic mass is 16.5. The first kappa shape index (κ1) is 11.8. The molecule has 1 aromatic carbocycles. The van der Waals surface area contributed by atoms with E-state index in [1.165, 1.54) is 0 Å². The largest absolute Gasteiger partial charge is 0.497 e. The zero-order valence-corrected chi connectivity index (χ0v) is 9.01. The van der Waals surface area contributed by atoms with E-state index in [4.69, 9.17) is 20.3 Å². The van der Waals surface area contributed by atoms with Gasteiger partial charge in [0.1, 0.15) is 17.6 Å². The number of rotatable bonds is 5. The van der Waals surface area contributed by atoms with Crippen molar-refractivity contribution in [1.29, 1.82) is 0 Å². The monoisotopic (exact) mass is 211 g/mol. The van der Waals surface area contributed by atoms with E-state index in [1.807, 2.05) is 12.1 Å². The second-order valence-electron chi connectivity index (χ2n) is 3.38. The number of aliphatic hydroxyl groups excluding tert-OH is 1. The van der Waals surface area contributed by atoms with Crippen molar-refractivity contribution in [3.05, 3.63) is 24.3 Å². The van der Waals surface area contributed by atoms with E-state index in [2.05, 4.69) is 0 Å². The van der Waals surface area contributed by atoms with Crippen LogP contribution < -0.4 is 15.2 Å². The van der Waals surface area contributed by atoms with Gasteiger partial charge in [0, 0.05) is 12.1 Å². The van der Waals surface area contributed by atoms with Crippen molar-refractivity contribution in [3.8, 4) is 11.5 Å². The number of aliphatic hydroxyl groups is 1. The van der Waals surface area contributed by atoms with Crippen LogP contribution in [0.2, 0.25) is 0 Å². The average molecular weight is 211 g/mol. The Balaban J connectivity index is 2.70. The van der Waals surface area contributed by atoms with Crippen LogP contribution in [0.3, 0.4) is 0 Å². The van der Waals surface area contributed by atoms with Crippen molar-refractivity contribution in [2.24, 2.45) is 5.73 Å². The van der Waals surface area contributed by atoms with Gasteiger partial charge in [-0.05, 0) is 19.1 Å². The molecule has 15 heavy (non-hydrogen) atoms. The third kappa shape index (κ3) is 3.42. The maximum absolute atomic E-state index is 9.05. The second kappa shape index (κ2) is 5.58. The molecule has 0 bridgehead atoms. The molecular weight excluding hydrogens is 194 g/mol. The molecule has 0 saturated carbocycles. The van der Waals surface area contributed by atoms with Gasteiger partial charge in [0.25, 0.3) is 0 Å². The minimum absolute atomic E-state index is 0.102. The third-order valence-corrected chi connectivity index (χ3v) is 2.10. The van der Waals surface area contributed by atoms with Crippen LogP contribution in [-0.4, -0.2) is 31.0 Å². The van der Waals surface area contributed by atoms with Crippen LogP contribution in [0, 0.1) is 0 Å². The maximum atomic E-state index is 9.05. The summed E-state index contributed by atoms with van der Waals surface area (Å²) in [4.78, 5) is 0. The van der Waals surface area contributed by atoms with Crippen LogP contribution in [-0.2, 0) is 0 Å². The van der Waals surface area contributed by atoms with Gasteiger partial charge in [-0.15, -0.1) is 0 Å². The Kier molecular flexibility index (Phi) is 4.39. The van der Waals surface area contributed by atoms with Gasteiger partial charge in [-0.25, -0.2) is 0 Å². The van der Waals surface area contributed by atoms with Gasteiger partial charge < -0.3 is 20.3 Å². The molecule has 0 aliphatic carbocycles. The lowest BCUT2D eigenvalue weighted by Gasteiger charge is -2.20. The van der Waals surface area contributed by atoms with Crippen molar-refractivity contribution >= 4 is 0 Å². The van der Waals surface area contributed by atoms with E-state index in [9.17, 15) is 0 Å². The van der Waals surface area contributed by atoms with Crippen LogP contribution in [0.1, 0.15) is 6.92 Å². The number of benzene rings is 1. The summed E-state index contributed by atoms with van der Waals surface area (Å²) in [6, 6.07) is 6.98. The third-order valence-electron chi connectivity index (χ3n) is 2.10. The second-order valence-corrected chi connectivity index (χ2v) is 3.38. The lowest BCUT2D eigenvalue weighted by atomic mass is 10.2. The fourth-order valence-electron chi connectivity index (χ4n) is 1.16. The highest BCUT2D eigenvalue weighted by molar-refractivity contribution is 5.33. The summed E-state index contributed by atoms with van der Waals surface area (Å²) >= 11 is 0. The van der Waals surface area contributed by atoms with Crippen molar-refractivity contribution in [2.75, 3.05) is 13.7 Å². The standard InChI is InChI=1S/C11H17NO3/c1-8(12)11(7-13)15-10-5-3-4-9(6-10)14-2/h3-6,8,11,13H,7,12H2,1-2H3. The number of hydrogen-bond donors (Lipinski definition) is 2. The molecule has 0 heterocycles. The fraction of sp³-hybridized carbons (Fsp3) is 0.455. The fourth-order valence-corrected chi connectivity index (χ4v) is 1.16. The first-order chi connectivity index (χ1) is 7.17. The first-order valence-electron chi connectivity index (χ1n) is 4.84. The van der Waals surface area contributed by atoms with Crippen LogP contribution in [0.5, 0.6) is 11.5 Å². The Morgan fingerprint density at radius 1 is 1.40 bits per heavy atom. The summed E-state index contributed by atoms with van der Waals surface area (Å²) in [5.74, 6) is 1.36. The molecule has 2 unspecified atom stereocenters. The Morgan fingerprint density at radius 2 is 2.07 bits per heavy atom. The van der Waals surface area contributed by atoms with Crippen molar-refractivity contribution < 1.29 is 14.6 Å². The molecule has 1 rings (SSSR count). The van der Waals surface area contributed by atoms with E-state index in [1.54, 1.807) is 26.2 Å². The molecule has 4 nitrogen and oxygen atoms in total. The van der Waals surface area contributed by atoms with E-state index in [-0.39, 0.29) is 12.6 Å². The number of nitrogens with two attached hydrogens (primary N) is 1. The summed E-state index contributed by atoms with van der Waals surface area (Å²) in [5, 5.41) is 9.05. The SMILES string of the molecule is COc1cccc(OC(CO)C(C)N)c1. The van der Waals surface area contributed by atoms with E-state index >= 15 is 0 Å². The summed E-state index contributed by atoms with van der Waals surface area (Å²) < 4.78 is 10.6. The maximum Gasteiger partial charge on any atom is 0.136 e. The van der Waals surface area contributed by atoms with Gasteiger partial charge in [0.05, 0.1) is 13.7 Å². The minimum Gasteiger partial charge on any atom is -0.497 e. The van der Waals surface area contributed by atoms with Gasteiger partial charge in [0.2, 0.25) is 0 Å². The lowest BCUT2D eigenvalue weighted by molar-refractivity contribution is 0.0988. The zero-order chi connectivity index (χ0) is 11.3. The summed E-state index contributed by atoms with van der Waals surface area (Å²) in [7, 11) is 1.59. The van der Waals surface area contributed by atoms with Gasteiger partial charge >= 0.3 is 0 Å². The normalized spacial score (nSPS) is 14.4. The molecule has 3 N–H and O–H groups in total. The minimum atomic E-state index is -0.392. The number of ether oxygens (including phenoxy) is 2. The number of methoxy groups -OCH3 is 1. The topological polar surface area (TPSA) is 64.7 Å². The van der Waals surface area contributed by atoms with Crippen LogP contribution in [0.15, 0.2) is 24.3 Å². The molecule has 4 heteroatoms. The molecule has 0 aliphatic rings. The summed E-state index contributed by atoms with van der Waals surface area (Å²) in [6.45, 7) is 1.69. The molecular formula is C11H17NO3. The Hall–Kier alpha value is -1.26. The van der Waals surface area contributed by atoms with Crippen LogP contribution >= 0.6 is 0 Å². The molecule has 0 fully saturated rings. The molecule has 0 aliphatic heterocycles. The summed E-state index contributed by atoms with van der Waals surface area (Å²) in [6.07, 6.45) is -0.392.